The van der Waals surface area contributed by atoms with Gasteiger partial charge < -0.3 is 15.5 Å². The smallest absolute Gasteiger partial charge is 0.262 e. The van der Waals surface area contributed by atoms with Crippen LogP contribution in [0.25, 0.3) is 0 Å². The summed E-state index contributed by atoms with van der Waals surface area (Å²) < 4.78 is 28.8. The van der Waals surface area contributed by atoms with Gasteiger partial charge >= 0.3 is 0 Å². The van der Waals surface area contributed by atoms with Crippen LogP contribution in [-0.4, -0.2) is 51.5 Å². The fourth-order valence-corrected chi connectivity index (χ4v) is 5.89. The first kappa shape index (κ1) is 23.5. The lowest BCUT2D eigenvalue weighted by Crippen LogP contribution is -2.45. The van der Waals surface area contributed by atoms with Crippen molar-refractivity contribution in [3.63, 3.8) is 0 Å². The Labute approximate surface area is 196 Å². The van der Waals surface area contributed by atoms with Gasteiger partial charge in [0, 0.05) is 32.2 Å². The molecule has 0 atom stereocenters. The van der Waals surface area contributed by atoms with Crippen LogP contribution in [0, 0.1) is 13.8 Å². The molecule has 2 aromatic rings. The number of sulfonamides is 1. The molecular weight excluding hydrogens is 438 g/mol. The number of amides is 1. The van der Waals surface area contributed by atoms with Crippen LogP contribution in [0.4, 0.5) is 11.5 Å². The summed E-state index contributed by atoms with van der Waals surface area (Å²) in [6.45, 7) is 6.73. The van der Waals surface area contributed by atoms with Gasteiger partial charge in [-0.3, -0.25) is 9.52 Å². The number of nitrogens with one attached hydrogen (secondary N) is 3. The first-order valence-electron chi connectivity index (χ1n) is 11.7. The quantitative estimate of drug-likeness (QED) is 0.599. The maximum atomic E-state index is 13.3. The van der Waals surface area contributed by atoms with Crippen molar-refractivity contribution in [2.24, 2.45) is 0 Å². The minimum absolute atomic E-state index is 0.150. The average Bonchev–Trinajstić information content (AvgIpc) is 2.81. The number of carbonyl (C=O) groups is 1. The zero-order valence-corrected chi connectivity index (χ0v) is 20.2. The van der Waals surface area contributed by atoms with Gasteiger partial charge in [-0.2, -0.15) is 0 Å². The monoisotopic (exact) mass is 471 g/mol. The zero-order valence-electron chi connectivity index (χ0n) is 19.4. The Morgan fingerprint density at radius 1 is 1.09 bits per heavy atom. The van der Waals surface area contributed by atoms with E-state index in [1.54, 1.807) is 25.1 Å². The van der Waals surface area contributed by atoms with Gasteiger partial charge in [0.25, 0.3) is 15.9 Å². The first-order valence-corrected chi connectivity index (χ1v) is 13.2. The molecule has 33 heavy (non-hydrogen) atoms. The fourth-order valence-electron chi connectivity index (χ4n) is 4.53. The molecule has 4 rings (SSSR count). The molecule has 2 aliphatic rings. The third-order valence-electron chi connectivity index (χ3n) is 6.35. The predicted octanol–water partition coefficient (Wildman–Crippen LogP) is 2.97. The highest BCUT2D eigenvalue weighted by atomic mass is 32.2. The summed E-state index contributed by atoms with van der Waals surface area (Å²) in [5.74, 6) is 0.398. The van der Waals surface area contributed by atoms with Crippen LogP contribution in [0.15, 0.2) is 35.4 Å². The second-order valence-electron chi connectivity index (χ2n) is 9.02. The third kappa shape index (κ3) is 5.65. The maximum absolute atomic E-state index is 13.3. The molecule has 1 amide bonds. The molecule has 3 N–H and O–H groups in total. The highest BCUT2D eigenvalue weighted by Gasteiger charge is 2.25. The van der Waals surface area contributed by atoms with Crippen molar-refractivity contribution in [2.45, 2.75) is 56.9 Å². The van der Waals surface area contributed by atoms with Crippen molar-refractivity contribution < 1.29 is 13.2 Å². The van der Waals surface area contributed by atoms with Gasteiger partial charge in [0.2, 0.25) is 0 Å². The summed E-state index contributed by atoms with van der Waals surface area (Å²) in [7, 11) is -3.82. The van der Waals surface area contributed by atoms with Crippen molar-refractivity contribution >= 4 is 27.4 Å². The minimum atomic E-state index is -3.82. The molecule has 0 unspecified atom stereocenters. The van der Waals surface area contributed by atoms with Crippen LogP contribution < -0.4 is 20.3 Å². The molecular formula is C24H33N5O3S. The second-order valence-corrected chi connectivity index (χ2v) is 10.7. The first-order chi connectivity index (χ1) is 15.8. The summed E-state index contributed by atoms with van der Waals surface area (Å²) in [4.78, 5) is 20.1. The third-order valence-corrected chi connectivity index (χ3v) is 7.88. The largest absolute Gasteiger partial charge is 0.353 e. The fraction of sp³-hybridized carbons (Fsp3) is 0.500. The number of hydrogen-bond acceptors (Lipinski definition) is 6. The van der Waals surface area contributed by atoms with Gasteiger partial charge in [0.15, 0.2) is 0 Å². The molecule has 1 aliphatic carbocycles. The average molecular weight is 472 g/mol. The van der Waals surface area contributed by atoms with Crippen LogP contribution in [0.1, 0.15) is 53.6 Å². The van der Waals surface area contributed by atoms with E-state index in [4.69, 9.17) is 0 Å². The van der Waals surface area contributed by atoms with Crippen molar-refractivity contribution in [1.82, 2.24) is 15.6 Å². The van der Waals surface area contributed by atoms with Crippen molar-refractivity contribution in [2.75, 3.05) is 35.8 Å². The van der Waals surface area contributed by atoms with E-state index in [0.717, 1.165) is 57.4 Å². The van der Waals surface area contributed by atoms with Crippen molar-refractivity contribution in [3.8, 4) is 0 Å². The van der Waals surface area contributed by atoms with E-state index in [1.807, 2.05) is 13.0 Å². The minimum Gasteiger partial charge on any atom is -0.353 e. The molecule has 0 spiro atoms. The Bertz CT molecular complexity index is 1110. The second kappa shape index (κ2) is 10.1. The summed E-state index contributed by atoms with van der Waals surface area (Å²) >= 11 is 0. The topological polar surface area (TPSA) is 103 Å². The molecule has 2 heterocycles. The summed E-state index contributed by atoms with van der Waals surface area (Å²) in [6, 6.07) is 7.09. The highest BCUT2D eigenvalue weighted by Crippen LogP contribution is 2.26. The van der Waals surface area contributed by atoms with Gasteiger partial charge in [-0.1, -0.05) is 31.4 Å². The lowest BCUT2D eigenvalue weighted by atomic mass is 9.95. The van der Waals surface area contributed by atoms with Crippen LogP contribution in [0.5, 0.6) is 0 Å². The number of carbonyl (C=O) groups excluding carboxylic acids is 1. The van der Waals surface area contributed by atoms with Gasteiger partial charge in [0.05, 0.1) is 22.3 Å². The van der Waals surface area contributed by atoms with Gasteiger partial charge in [-0.05, 0) is 49.9 Å². The van der Waals surface area contributed by atoms with E-state index in [0.29, 0.717) is 16.9 Å². The number of aryl methyl sites for hydroxylation is 2. The molecule has 2 fully saturated rings. The number of nitrogens with zero attached hydrogens (tertiary/aromatic N) is 2. The molecule has 0 bridgehead atoms. The Morgan fingerprint density at radius 2 is 1.82 bits per heavy atom. The number of benzene rings is 1. The van der Waals surface area contributed by atoms with E-state index >= 15 is 0 Å². The summed E-state index contributed by atoms with van der Waals surface area (Å²) in [5.41, 5.74) is 2.21. The maximum Gasteiger partial charge on any atom is 0.262 e. The summed E-state index contributed by atoms with van der Waals surface area (Å²) in [6.07, 6.45) is 6.88. The molecule has 0 radical (unpaired) electrons. The lowest BCUT2D eigenvalue weighted by Gasteiger charge is -2.30. The molecule has 1 aromatic carbocycles. The Hall–Kier alpha value is -2.65. The normalized spacial score (nSPS) is 17.6. The van der Waals surface area contributed by atoms with E-state index < -0.39 is 10.0 Å². The summed E-state index contributed by atoms with van der Waals surface area (Å²) in [5, 5.41) is 6.46. The standard InChI is InChI=1S/C24H33N5O3S/c1-17-8-9-18(2)22(14-17)33(31,32)28-20-15-21(24(30)27-19-6-4-3-5-7-19)23(26-16-20)29-12-10-25-11-13-29/h8-9,14-16,19,25,28H,3-7,10-13H2,1-2H3,(H,27,30). The number of hydrogen-bond donors (Lipinski definition) is 3. The van der Waals surface area contributed by atoms with Crippen LogP contribution >= 0.6 is 0 Å². The van der Waals surface area contributed by atoms with Crippen LogP contribution in [0.2, 0.25) is 0 Å². The number of piperazine rings is 1. The van der Waals surface area contributed by atoms with E-state index in [2.05, 4.69) is 25.2 Å². The Balaban J connectivity index is 1.64. The molecule has 1 saturated heterocycles. The number of pyridine rings is 1. The molecule has 178 valence electrons. The number of aromatic nitrogens is 1. The molecule has 9 heteroatoms. The Kier molecular flexibility index (Phi) is 7.19. The van der Waals surface area contributed by atoms with Gasteiger partial charge in [-0.15, -0.1) is 0 Å². The van der Waals surface area contributed by atoms with E-state index in [1.165, 1.54) is 12.6 Å². The zero-order chi connectivity index (χ0) is 23.4. The number of rotatable bonds is 6. The highest BCUT2D eigenvalue weighted by molar-refractivity contribution is 7.92. The van der Waals surface area contributed by atoms with Crippen molar-refractivity contribution in [1.29, 1.82) is 0 Å². The van der Waals surface area contributed by atoms with Crippen molar-refractivity contribution in [3.05, 3.63) is 47.2 Å². The Morgan fingerprint density at radius 3 is 2.55 bits per heavy atom. The van der Waals surface area contributed by atoms with E-state index in [9.17, 15) is 13.2 Å². The molecule has 1 saturated carbocycles. The van der Waals surface area contributed by atoms with E-state index in [-0.39, 0.29) is 22.5 Å². The number of anilines is 2. The molecule has 1 aromatic heterocycles. The SMILES string of the molecule is Cc1ccc(C)c(S(=O)(=O)Nc2cnc(N3CCNCC3)c(C(=O)NC3CCCCC3)c2)c1. The van der Waals surface area contributed by atoms with Crippen LogP contribution in [0.3, 0.4) is 0 Å². The molecule has 8 nitrogen and oxygen atoms in total. The van der Waals surface area contributed by atoms with Gasteiger partial charge in [0.1, 0.15) is 5.82 Å². The lowest BCUT2D eigenvalue weighted by molar-refractivity contribution is 0.0928. The molecule has 1 aliphatic heterocycles. The van der Waals surface area contributed by atoms with Crippen LogP contribution in [-0.2, 0) is 10.0 Å². The van der Waals surface area contributed by atoms with Gasteiger partial charge in [-0.25, -0.2) is 13.4 Å². The predicted molar refractivity (Wildman–Crippen MR) is 130 cm³/mol.